The van der Waals surface area contributed by atoms with Gasteiger partial charge in [-0.2, -0.15) is 0 Å². The van der Waals surface area contributed by atoms with E-state index in [1.807, 2.05) is 0 Å². The Morgan fingerprint density at radius 3 is 2.68 bits per heavy atom. The molecule has 0 spiro atoms. The number of nitrogens with two attached hydrogens (primary N) is 1. The van der Waals surface area contributed by atoms with Crippen LogP contribution in [-0.4, -0.2) is 9.97 Å². The summed E-state index contributed by atoms with van der Waals surface area (Å²) in [6, 6.07) is 0. The highest BCUT2D eigenvalue weighted by Gasteiger charge is 2.24. The lowest BCUT2D eigenvalue weighted by atomic mass is 9.82. The minimum atomic E-state index is 0.541. The van der Waals surface area contributed by atoms with Crippen LogP contribution in [0.2, 0.25) is 0 Å². The zero-order valence-electron chi connectivity index (χ0n) is 12.0. The van der Waals surface area contributed by atoms with E-state index in [1.165, 1.54) is 56.2 Å². The number of hydrogen-bond acceptors (Lipinski definition) is 3. The van der Waals surface area contributed by atoms with Gasteiger partial charge in [-0.05, 0) is 44.4 Å². The molecule has 2 aliphatic carbocycles. The number of nitrogen functional groups attached to an aromatic ring is 1. The van der Waals surface area contributed by atoms with Crippen molar-refractivity contribution in [3.8, 4) is 0 Å². The molecule has 2 atom stereocenters. The first kappa shape index (κ1) is 12.9. The maximum Gasteiger partial charge on any atom is 0.134 e. The third-order valence-electron chi connectivity index (χ3n) is 4.78. The van der Waals surface area contributed by atoms with Crippen molar-refractivity contribution in [2.75, 3.05) is 5.73 Å². The molecule has 2 aliphatic rings. The Morgan fingerprint density at radius 1 is 1.00 bits per heavy atom. The molecular weight excluding hydrogens is 234 g/mol. The van der Waals surface area contributed by atoms with Gasteiger partial charge in [0.05, 0.1) is 0 Å². The quantitative estimate of drug-likeness (QED) is 0.784. The summed E-state index contributed by atoms with van der Waals surface area (Å²) in [7, 11) is 0. The zero-order chi connectivity index (χ0) is 13.2. The molecule has 2 unspecified atom stereocenters. The van der Waals surface area contributed by atoms with Crippen molar-refractivity contribution >= 4 is 5.82 Å². The van der Waals surface area contributed by atoms with Crippen molar-refractivity contribution in [1.29, 1.82) is 0 Å². The molecule has 3 heteroatoms. The fourth-order valence-corrected chi connectivity index (χ4v) is 3.67. The van der Waals surface area contributed by atoms with Gasteiger partial charge in [-0.3, -0.25) is 0 Å². The molecule has 0 amide bonds. The lowest BCUT2D eigenvalue weighted by Gasteiger charge is -2.26. The molecule has 0 saturated heterocycles. The normalized spacial score (nSPS) is 27.6. The van der Waals surface area contributed by atoms with Gasteiger partial charge >= 0.3 is 0 Å². The van der Waals surface area contributed by atoms with E-state index in [4.69, 9.17) is 10.7 Å². The molecule has 1 aromatic rings. The summed E-state index contributed by atoms with van der Waals surface area (Å²) < 4.78 is 0. The topological polar surface area (TPSA) is 51.8 Å². The van der Waals surface area contributed by atoms with E-state index < -0.39 is 0 Å². The third-order valence-corrected chi connectivity index (χ3v) is 4.78. The van der Waals surface area contributed by atoms with Gasteiger partial charge in [-0.1, -0.05) is 26.2 Å². The highest BCUT2D eigenvalue weighted by atomic mass is 15.0. The Balaban J connectivity index is 1.90. The Bertz CT molecular complexity index is 456. The summed E-state index contributed by atoms with van der Waals surface area (Å²) in [6.45, 7) is 2.35. The van der Waals surface area contributed by atoms with Crippen LogP contribution in [0.1, 0.15) is 74.9 Å². The Hall–Kier alpha value is -1.12. The molecule has 1 heterocycles. The average Bonchev–Trinajstić information content (AvgIpc) is 2.64. The SMILES string of the molecule is CC1CCCC(c2nc(N)c3c(n2)CCCCC3)C1. The minimum absolute atomic E-state index is 0.541. The van der Waals surface area contributed by atoms with Gasteiger partial charge in [-0.25, -0.2) is 9.97 Å². The summed E-state index contributed by atoms with van der Waals surface area (Å²) in [5, 5.41) is 0. The number of aryl methyl sites for hydroxylation is 1. The van der Waals surface area contributed by atoms with Gasteiger partial charge in [0.1, 0.15) is 11.6 Å². The van der Waals surface area contributed by atoms with E-state index in [0.29, 0.717) is 5.92 Å². The molecule has 0 bridgehead atoms. The number of nitrogens with zero attached hydrogens (tertiary/aromatic N) is 2. The average molecular weight is 259 g/mol. The van der Waals surface area contributed by atoms with Crippen molar-refractivity contribution in [3.05, 3.63) is 17.1 Å². The van der Waals surface area contributed by atoms with Crippen molar-refractivity contribution in [2.24, 2.45) is 5.92 Å². The van der Waals surface area contributed by atoms with E-state index in [2.05, 4.69) is 11.9 Å². The first-order chi connectivity index (χ1) is 9.24. The summed E-state index contributed by atoms with van der Waals surface area (Å²) in [6.07, 6.45) is 11.1. The van der Waals surface area contributed by atoms with Crippen molar-refractivity contribution in [1.82, 2.24) is 9.97 Å². The molecule has 19 heavy (non-hydrogen) atoms. The van der Waals surface area contributed by atoms with E-state index >= 15 is 0 Å². The molecule has 3 rings (SSSR count). The van der Waals surface area contributed by atoms with Gasteiger partial charge < -0.3 is 5.73 Å². The van der Waals surface area contributed by atoms with Gasteiger partial charge in [0.15, 0.2) is 0 Å². The predicted octanol–water partition coefficient (Wildman–Crippen LogP) is 3.62. The molecule has 1 aromatic heterocycles. The monoisotopic (exact) mass is 259 g/mol. The fourth-order valence-electron chi connectivity index (χ4n) is 3.67. The van der Waals surface area contributed by atoms with Crippen LogP contribution in [0.3, 0.4) is 0 Å². The van der Waals surface area contributed by atoms with Crippen molar-refractivity contribution in [2.45, 2.75) is 70.6 Å². The van der Waals surface area contributed by atoms with Crippen LogP contribution in [0.4, 0.5) is 5.82 Å². The molecule has 0 aliphatic heterocycles. The number of fused-ring (bicyclic) bond motifs is 1. The van der Waals surface area contributed by atoms with Crippen molar-refractivity contribution in [3.63, 3.8) is 0 Å². The largest absolute Gasteiger partial charge is 0.383 e. The Morgan fingerprint density at radius 2 is 1.84 bits per heavy atom. The summed E-state index contributed by atoms with van der Waals surface area (Å²) in [5.74, 6) is 3.15. The smallest absolute Gasteiger partial charge is 0.134 e. The minimum Gasteiger partial charge on any atom is -0.383 e. The number of rotatable bonds is 1. The van der Waals surface area contributed by atoms with Crippen molar-refractivity contribution < 1.29 is 0 Å². The van der Waals surface area contributed by atoms with Gasteiger partial charge in [0.25, 0.3) is 0 Å². The number of aromatic nitrogens is 2. The highest BCUT2D eigenvalue weighted by molar-refractivity contribution is 5.43. The summed E-state index contributed by atoms with van der Waals surface area (Å²) in [5.41, 5.74) is 8.69. The van der Waals surface area contributed by atoms with Crippen LogP contribution in [0.15, 0.2) is 0 Å². The number of hydrogen-bond donors (Lipinski definition) is 1. The molecular formula is C16H25N3. The first-order valence-corrected chi connectivity index (χ1v) is 7.89. The number of anilines is 1. The van der Waals surface area contributed by atoms with E-state index in [-0.39, 0.29) is 0 Å². The van der Waals surface area contributed by atoms with Crippen LogP contribution < -0.4 is 5.73 Å². The molecule has 3 nitrogen and oxygen atoms in total. The van der Waals surface area contributed by atoms with E-state index in [0.717, 1.165) is 30.4 Å². The van der Waals surface area contributed by atoms with Gasteiger partial charge in [0.2, 0.25) is 0 Å². The summed E-state index contributed by atoms with van der Waals surface area (Å²) >= 11 is 0. The summed E-state index contributed by atoms with van der Waals surface area (Å²) in [4.78, 5) is 9.55. The third kappa shape index (κ3) is 2.75. The predicted molar refractivity (Wildman–Crippen MR) is 78.1 cm³/mol. The molecule has 0 radical (unpaired) electrons. The standard InChI is InChI=1S/C16H25N3/c1-11-6-5-7-12(10-11)16-18-14-9-4-2-3-8-13(14)15(17)19-16/h11-12H,2-10H2,1H3,(H2,17,18,19). The lowest BCUT2D eigenvalue weighted by Crippen LogP contribution is -2.17. The second-order valence-corrected chi connectivity index (χ2v) is 6.42. The van der Waals surface area contributed by atoms with Crippen LogP contribution in [0, 0.1) is 5.92 Å². The highest BCUT2D eigenvalue weighted by Crippen LogP contribution is 2.35. The Labute approximate surface area is 116 Å². The fraction of sp³-hybridized carbons (Fsp3) is 0.750. The zero-order valence-corrected chi connectivity index (χ0v) is 12.0. The van der Waals surface area contributed by atoms with Crippen LogP contribution in [-0.2, 0) is 12.8 Å². The first-order valence-electron chi connectivity index (χ1n) is 7.89. The molecule has 104 valence electrons. The molecule has 0 aromatic carbocycles. The van der Waals surface area contributed by atoms with Gasteiger partial charge in [0, 0.05) is 17.2 Å². The van der Waals surface area contributed by atoms with E-state index in [9.17, 15) is 0 Å². The molecule has 1 saturated carbocycles. The lowest BCUT2D eigenvalue weighted by molar-refractivity contribution is 0.335. The maximum absolute atomic E-state index is 6.20. The second-order valence-electron chi connectivity index (χ2n) is 6.42. The van der Waals surface area contributed by atoms with Crippen LogP contribution in [0.25, 0.3) is 0 Å². The molecule has 1 fully saturated rings. The second kappa shape index (κ2) is 5.48. The van der Waals surface area contributed by atoms with Crippen LogP contribution >= 0.6 is 0 Å². The van der Waals surface area contributed by atoms with Gasteiger partial charge in [-0.15, -0.1) is 0 Å². The van der Waals surface area contributed by atoms with Crippen LogP contribution in [0.5, 0.6) is 0 Å². The Kier molecular flexibility index (Phi) is 3.72. The maximum atomic E-state index is 6.20. The van der Waals surface area contributed by atoms with E-state index in [1.54, 1.807) is 0 Å². The molecule has 2 N–H and O–H groups in total.